The maximum Gasteiger partial charge on any atom is 0.293 e. The summed E-state index contributed by atoms with van der Waals surface area (Å²) in [5, 5.41) is 13.6. The molecule has 0 unspecified atom stereocenters. The van der Waals surface area contributed by atoms with Crippen molar-refractivity contribution in [3.8, 4) is 0 Å². The first-order valence-electron chi connectivity index (χ1n) is 5.34. The summed E-state index contributed by atoms with van der Waals surface area (Å²) in [5.41, 5.74) is 0.172. The number of carbonyl (C=O) groups excluding carboxylic acids is 1. The standard InChI is InChI=1S/C12H7BrClN3O3/c13-8-1-2-9(10(6-8)17(19)20)16-12(18)7-3-4-15-11(14)5-7/h1-6H,(H,16,18). The highest BCUT2D eigenvalue weighted by Crippen LogP contribution is 2.28. The third kappa shape index (κ3) is 3.31. The Morgan fingerprint density at radius 1 is 1.35 bits per heavy atom. The van der Waals surface area contributed by atoms with Gasteiger partial charge in [-0.2, -0.15) is 0 Å². The van der Waals surface area contributed by atoms with E-state index in [1.54, 1.807) is 6.07 Å². The zero-order valence-electron chi connectivity index (χ0n) is 9.84. The lowest BCUT2D eigenvalue weighted by molar-refractivity contribution is -0.384. The van der Waals surface area contributed by atoms with Crippen molar-refractivity contribution in [2.24, 2.45) is 0 Å². The molecule has 6 nitrogen and oxygen atoms in total. The van der Waals surface area contributed by atoms with E-state index in [9.17, 15) is 14.9 Å². The molecule has 0 saturated heterocycles. The molecule has 0 saturated carbocycles. The molecule has 2 rings (SSSR count). The van der Waals surface area contributed by atoms with E-state index in [-0.39, 0.29) is 22.1 Å². The fourth-order valence-electron chi connectivity index (χ4n) is 1.50. The van der Waals surface area contributed by atoms with Crippen molar-refractivity contribution in [2.75, 3.05) is 5.32 Å². The molecular weight excluding hydrogens is 350 g/mol. The fraction of sp³-hybridized carbons (Fsp3) is 0. The molecule has 0 aliphatic heterocycles. The zero-order valence-corrected chi connectivity index (χ0v) is 12.2. The van der Waals surface area contributed by atoms with Crippen LogP contribution in [0, 0.1) is 10.1 Å². The molecule has 1 heterocycles. The SMILES string of the molecule is O=C(Nc1ccc(Br)cc1[N+](=O)[O-])c1ccnc(Cl)c1. The monoisotopic (exact) mass is 355 g/mol. The second kappa shape index (κ2) is 5.98. The van der Waals surface area contributed by atoms with Gasteiger partial charge in [0.2, 0.25) is 0 Å². The second-order valence-corrected chi connectivity index (χ2v) is 5.04. The molecular formula is C12H7BrClN3O3. The van der Waals surface area contributed by atoms with Crippen LogP contribution in [0.5, 0.6) is 0 Å². The highest BCUT2D eigenvalue weighted by atomic mass is 79.9. The third-order valence-electron chi connectivity index (χ3n) is 2.39. The summed E-state index contributed by atoms with van der Waals surface area (Å²) in [5.74, 6) is -0.500. The van der Waals surface area contributed by atoms with E-state index in [1.165, 1.54) is 30.5 Å². The van der Waals surface area contributed by atoms with Gasteiger partial charge in [-0.3, -0.25) is 14.9 Å². The first-order chi connectivity index (χ1) is 9.47. The number of halogens is 2. The molecule has 8 heteroatoms. The van der Waals surface area contributed by atoms with Crippen LogP contribution >= 0.6 is 27.5 Å². The number of aromatic nitrogens is 1. The quantitative estimate of drug-likeness (QED) is 0.516. The number of hydrogen-bond acceptors (Lipinski definition) is 4. The van der Waals surface area contributed by atoms with E-state index >= 15 is 0 Å². The van der Waals surface area contributed by atoms with Gasteiger partial charge in [0.1, 0.15) is 10.8 Å². The van der Waals surface area contributed by atoms with Gasteiger partial charge in [0.15, 0.2) is 0 Å². The second-order valence-electron chi connectivity index (χ2n) is 3.74. The molecule has 1 aromatic carbocycles. The van der Waals surface area contributed by atoms with Crippen molar-refractivity contribution in [3.05, 3.63) is 61.8 Å². The Bertz CT molecular complexity index is 693. The van der Waals surface area contributed by atoms with Crippen LogP contribution in [-0.4, -0.2) is 15.8 Å². The molecule has 0 aliphatic rings. The number of amides is 1. The normalized spacial score (nSPS) is 10.1. The third-order valence-corrected chi connectivity index (χ3v) is 3.09. The number of carbonyl (C=O) groups is 1. The van der Waals surface area contributed by atoms with Gasteiger partial charge >= 0.3 is 0 Å². The Hall–Kier alpha value is -1.99. The van der Waals surface area contributed by atoms with Gasteiger partial charge in [-0.05, 0) is 24.3 Å². The minimum Gasteiger partial charge on any atom is -0.316 e. The molecule has 1 N–H and O–H groups in total. The number of anilines is 1. The molecule has 0 atom stereocenters. The summed E-state index contributed by atoms with van der Waals surface area (Å²) in [7, 11) is 0. The molecule has 0 fully saturated rings. The van der Waals surface area contributed by atoms with Gasteiger partial charge in [-0.15, -0.1) is 0 Å². The first-order valence-corrected chi connectivity index (χ1v) is 6.51. The lowest BCUT2D eigenvalue weighted by atomic mass is 10.2. The lowest BCUT2D eigenvalue weighted by Gasteiger charge is -2.06. The largest absolute Gasteiger partial charge is 0.316 e. The van der Waals surface area contributed by atoms with E-state index in [1.807, 2.05) is 0 Å². The Labute approximate surface area is 127 Å². The van der Waals surface area contributed by atoms with Gasteiger partial charge in [-0.25, -0.2) is 4.98 Å². The minimum atomic E-state index is -0.570. The first kappa shape index (κ1) is 14.4. The average molecular weight is 357 g/mol. The van der Waals surface area contributed by atoms with Crippen molar-refractivity contribution < 1.29 is 9.72 Å². The van der Waals surface area contributed by atoms with E-state index in [0.717, 1.165) is 0 Å². The van der Waals surface area contributed by atoms with Crippen molar-refractivity contribution >= 4 is 44.8 Å². The number of pyridine rings is 1. The molecule has 0 spiro atoms. The van der Waals surface area contributed by atoms with Gasteiger partial charge in [0.25, 0.3) is 11.6 Å². The number of hydrogen-bond donors (Lipinski definition) is 1. The van der Waals surface area contributed by atoms with E-state index in [4.69, 9.17) is 11.6 Å². The molecule has 102 valence electrons. The van der Waals surface area contributed by atoms with E-state index in [2.05, 4.69) is 26.2 Å². The predicted octanol–water partition coefficient (Wildman–Crippen LogP) is 3.66. The number of benzene rings is 1. The lowest BCUT2D eigenvalue weighted by Crippen LogP contribution is -2.13. The van der Waals surface area contributed by atoms with Crippen molar-refractivity contribution in [1.29, 1.82) is 0 Å². The van der Waals surface area contributed by atoms with Gasteiger partial charge in [-0.1, -0.05) is 27.5 Å². The fourth-order valence-corrected chi connectivity index (χ4v) is 2.02. The molecule has 0 bridgehead atoms. The van der Waals surface area contributed by atoms with Crippen LogP contribution in [-0.2, 0) is 0 Å². The summed E-state index contributed by atoms with van der Waals surface area (Å²) in [6.45, 7) is 0. The Morgan fingerprint density at radius 2 is 2.10 bits per heavy atom. The van der Waals surface area contributed by atoms with Crippen LogP contribution in [0.1, 0.15) is 10.4 Å². The van der Waals surface area contributed by atoms with Crippen LogP contribution in [0.25, 0.3) is 0 Å². The maximum absolute atomic E-state index is 12.0. The van der Waals surface area contributed by atoms with Gasteiger partial charge in [0.05, 0.1) is 4.92 Å². The van der Waals surface area contributed by atoms with Crippen molar-refractivity contribution in [2.45, 2.75) is 0 Å². The van der Waals surface area contributed by atoms with Crippen molar-refractivity contribution in [3.63, 3.8) is 0 Å². The molecule has 20 heavy (non-hydrogen) atoms. The van der Waals surface area contributed by atoms with Crippen LogP contribution in [0.15, 0.2) is 41.0 Å². The Kier molecular flexibility index (Phi) is 4.31. The average Bonchev–Trinajstić information content (AvgIpc) is 2.40. The summed E-state index contributed by atoms with van der Waals surface area (Å²) < 4.78 is 0.550. The van der Waals surface area contributed by atoms with Crippen LogP contribution < -0.4 is 5.32 Å². The highest BCUT2D eigenvalue weighted by Gasteiger charge is 2.17. The molecule has 1 amide bonds. The topological polar surface area (TPSA) is 85.1 Å². The summed E-state index contributed by atoms with van der Waals surface area (Å²) in [4.78, 5) is 26.1. The van der Waals surface area contributed by atoms with Crippen LogP contribution in [0.2, 0.25) is 5.15 Å². The Balaban J connectivity index is 2.30. The minimum absolute atomic E-state index is 0.108. The smallest absolute Gasteiger partial charge is 0.293 e. The Morgan fingerprint density at radius 3 is 2.75 bits per heavy atom. The van der Waals surface area contributed by atoms with E-state index < -0.39 is 10.8 Å². The summed E-state index contributed by atoms with van der Waals surface area (Å²) in [6, 6.07) is 7.20. The van der Waals surface area contributed by atoms with Gasteiger partial charge < -0.3 is 5.32 Å². The number of nitrogens with zero attached hydrogens (tertiary/aromatic N) is 2. The summed E-state index contributed by atoms with van der Waals surface area (Å²) >= 11 is 8.83. The number of nitro benzene ring substituents is 1. The molecule has 0 radical (unpaired) electrons. The number of nitrogens with one attached hydrogen (secondary N) is 1. The molecule has 2 aromatic rings. The molecule has 0 aliphatic carbocycles. The highest BCUT2D eigenvalue weighted by molar-refractivity contribution is 9.10. The van der Waals surface area contributed by atoms with Crippen LogP contribution in [0.3, 0.4) is 0 Å². The predicted molar refractivity (Wildman–Crippen MR) is 78.0 cm³/mol. The summed E-state index contributed by atoms with van der Waals surface area (Å²) in [6.07, 6.45) is 1.38. The maximum atomic E-state index is 12.0. The number of rotatable bonds is 3. The van der Waals surface area contributed by atoms with E-state index in [0.29, 0.717) is 4.47 Å². The van der Waals surface area contributed by atoms with Crippen molar-refractivity contribution in [1.82, 2.24) is 4.98 Å². The van der Waals surface area contributed by atoms with Crippen LogP contribution in [0.4, 0.5) is 11.4 Å². The zero-order chi connectivity index (χ0) is 14.7. The van der Waals surface area contributed by atoms with Gasteiger partial charge in [0, 0.05) is 22.3 Å². The molecule has 1 aromatic heterocycles. The number of nitro groups is 1.